The predicted octanol–water partition coefficient (Wildman–Crippen LogP) is 6.08. The molecular formula is C36H46ClN9O2S. The molecule has 4 heterocycles. The number of piperidine rings is 2. The number of carbonyl (C=O) groups excluding carboxylic acids is 2. The quantitative estimate of drug-likeness (QED) is 0.107. The van der Waals surface area contributed by atoms with Crippen molar-refractivity contribution in [3.63, 3.8) is 0 Å². The number of urea groups is 1. The summed E-state index contributed by atoms with van der Waals surface area (Å²) < 4.78 is 2.45. The summed E-state index contributed by atoms with van der Waals surface area (Å²) in [5.41, 5.74) is 4.14. The summed E-state index contributed by atoms with van der Waals surface area (Å²) in [6.07, 6.45) is 8.80. The van der Waals surface area contributed by atoms with Gasteiger partial charge in [-0.2, -0.15) is 0 Å². The van der Waals surface area contributed by atoms with Crippen LogP contribution >= 0.6 is 23.5 Å². The largest absolute Gasteiger partial charge is 0.388 e. The molecule has 4 N–H and O–H groups in total. The van der Waals surface area contributed by atoms with E-state index in [1.165, 1.54) is 20.9 Å². The lowest BCUT2D eigenvalue weighted by Gasteiger charge is -2.34. The Morgan fingerprint density at radius 2 is 1.73 bits per heavy atom. The molecule has 13 heteroatoms. The lowest BCUT2D eigenvalue weighted by Crippen LogP contribution is -2.52. The Hall–Kier alpha value is -3.71. The maximum atomic E-state index is 12.3. The number of amides is 3. The van der Waals surface area contributed by atoms with Gasteiger partial charge in [0.2, 0.25) is 11.9 Å². The highest BCUT2D eigenvalue weighted by Crippen LogP contribution is 2.32. The summed E-state index contributed by atoms with van der Waals surface area (Å²) in [6.45, 7) is 7.83. The molecule has 1 aromatic heterocycles. The summed E-state index contributed by atoms with van der Waals surface area (Å²) in [4.78, 5) is 37.6. The monoisotopic (exact) mass is 703 g/mol. The molecule has 0 saturated carbocycles. The number of imide groups is 1. The molecule has 0 spiro atoms. The Morgan fingerprint density at radius 1 is 1.02 bits per heavy atom. The zero-order valence-corrected chi connectivity index (χ0v) is 29.8. The first kappa shape index (κ1) is 35.1. The van der Waals surface area contributed by atoms with Gasteiger partial charge in [0.05, 0.1) is 17.4 Å². The van der Waals surface area contributed by atoms with E-state index in [2.05, 4.69) is 78.4 Å². The highest BCUT2D eigenvalue weighted by Gasteiger charge is 2.29. The van der Waals surface area contributed by atoms with Crippen molar-refractivity contribution in [1.29, 1.82) is 5.41 Å². The number of carbonyl (C=O) groups is 2. The number of hydrogen-bond donors (Lipinski definition) is 4. The van der Waals surface area contributed by atoms with Gasteiger partial charge in [-0.25, -0.2) is 19.1 Å². The van der Waals surface area contributed by atoms with E-state index in [0.29, 0.717) is 34.4 Å². The van der Waals surface area contributed by atoms with Crippen molar-refractivity contribution >= 4 is 53.0 Å². The maximum Gasteiger partial charge on any atom is 0.329 e. The van der Waals surface area contributed by atoms with E-state index in [0.717, 1.165) is 70.5 Å². The molecule has 3 aromatic rings. The summed E-state index contributed by atoms with van der Waals surface area (Å²) >= 11 is 7.75. The zero-order chi connectivity index (χ0) is 34.3. The third-order valence-corrected chi connectivity index (χ3v) is 11.0. The predicted molar refractivity (Wildman–Crippen MR) is 197 cm³/mol. The summed E-state index contributed by atoms with van der Waals surface area (Å²) in [5, 5.41) is 18.2. The zero-order valence-electron chi connectivity index (χ0n) is 28.3. The van der Waals surface area contributed by atoms with Crippen LogP contribution < -0.4 is 16.0 Å². The minimum absolute atomic E-state index is 0.105. The van der Waals surface area contributed by atoms with Crippen LogP contribution in [-0.4, -0.2) is 94.2 Å². The normalized spacial score (nSPS) is 19.0. The van der Waals surface area contributed by atoms with Crippen LogP contribution in [0, 0.1) is 11.3 Å². The number of nitrogens with one attached hydrogen (secondary N) is 4. The van der Waals surface area contributed by atoms with Gasteiger partial charge in [0.15, 0.2) is 0 Å². The molecule has 3 fully saturated rings. The standard InChI is InChI=1S/C36H46ClN9O2S/c1-24(19-25-3-6-30(7-4-25)49-45-16-11-29(12-17-45)42-35-40-21-28(37)22-41-35)23-44-14-9-26(10-15-44)27-5-8-31(32(20-27)39-2)34(38)46-18-13-33(47)43-36(46)48/h3-8,20-22,24,26,29,38-39H,9-19,23H2,1-2H3,(H,40,41,42)(H,43,47,48). The van der Waals surface area contributed by atoms with Gasteiger partial charge in [0.1, 0.15) is 5.84 Å². The van der Waals surface area contributed by atoms with E-state index in [-0.39, 0.29) is 24.7 Å². The van der Waals surface area contributed by atoms with Crippen LogP contribution in [0.1, 0.15) is 61.6 Å². The first-order chi connectivity index (χ1) is 23.7. The molecule has 49 heavy (non-hydrogen) atoms. The molecule has 3 saturated heterocycles. The number of halogens is 1. The number of rotatable bonds is 11. The molecule has 3 aliphatic rings. The molecule has 11 nitrogen and oxygen atoms in total. The second kappa shape index (κ2) is 16.3. The Bertz CT molecular complexity index is 1610. The van der Waals surface area contributed by atoms with Crippen molar-refractivity contribution in [1.82, 2.24) is 29.4 Å². The number of hydrogen-bond acceptors (Lipinski definition) is 10. The fourth-order valence-corrected chi connectivity index (χ4v) is 8.05. The van der Waals surface area contributed by atoms with Crippen LogP contribution in [0.25, 0.3) is 0 Å². The fourth-order valence-electron chi connectivity index (χ4n) is 7.00. The number of anilines is 2. The van der Waals surface area contributed by atoms with Crippen LogP contribution in [-0.2, 0) is 11.2 Å². The van der Waals surface area contributed by atoms with E-state index >= 15 is 0 Å². The summed E-state index contributed by atoms with van der Waals surface area (Å²) in [6, 6.07) is 15.1. The Morgan fingerprint density at radius 3 is 2.41 bits per heavy atom. The van der Waals surface area contributed by atoms with E-state index in [4.69, 9.17) is 17.0 Å². The number of benzene rings is 2. The van der Waals surface area contributed by atoms with Crippen molar-refractivity contribution in [2.45, 2.75) is 62.3 Å². The maximum absolute atomic E-state index is 12.3. The number of amidine groups is 1. The van der Waals surface area contributed by atoms with Crippen molar-refractivity contribution in [3.8, 4) is 0 Å². The molecular weight excluding hydrogens is 658 g/mol. The van der Waals surface area contributed by atoms with Gasteiger partial charge in [-0.3, -0.25) is 20.4 Å². The molecule has 1 unspecified atom stereocenters. The lowest BCUT2D eigenvalue weighted by atomic mass is 9.87. The van der Waals surface area contributed by atoms with Crippen LogP contribution in [0.2, 0.25) is 5.02 Å². The lowest BCUT2D eigenvalue weighted by molar-refractivity contribution is -0.121. The minimum Gasteiger partial charge on any atom is -0.388 e. The van der Waals surface area contributed by atoms with Gasteiger partial charge in [-0.15, -0.1) is 0 Å². The second-order valence-electron chi connectivity index (χ2n) is 13.4. The second-order valence-corrected chi connectivity index (χ2v) is 15.0. The average Bonchev–Trinajstić information content (AvgIpc) is 3.11. The van der Waals surface area contributed by atoms with Crippen molar-refractivity contribution in [3.05, 3.63) is 76.6 Å². The molecule has 3 aliphatic heterocycles. The minimum atomic E-state index is -0.534. The van der Waals surface area contributed by atoms with Gasteiger partial charge in [0, 0.05) is 61.8 Å². The summed E-state index contributed by atoms with van der Waals surface area (Å²) in [7, 11) is 1.84. The third kappa shape index (κ3) is 9.30. The van der Waals surface area contributed by atoms with Gasteiger partial charge >= 0.3 is 6.03 Å². The van der Waals surface area contributed by atoms with Crippen molar-refractivity contribution in [2.75, 3.05) is 56.9 Å². The molecule has 260 valence electrons. The SMILES string of the molecule is CNc1cc(C2CCN(CC(C)Cc3ccc(SN4CCC(Nc5ncc(Cl)cn5)CC4)cc3)CC2)ccc1C(=N)N1CCC(=O)NC1=O. The molecule has 2 aromatic carbocycles. The van der Waals surface area contributed by atoms with E-state index in [1.807, 2.05) is 25.1 Å². The van der Waals surface area contributed by atoms with Crippen LogP contribution in [0.4, 0.5) is 16.4 Å². The molecule has 0 aliphatic carbocycles. The van der Waals surface area contributed by atoms with E-state index < -0.39 is 6.03 Å². The smallest absolute Gasteiger partial charge is 0.329 e. The van der Waals surface area contributed by atoms with Gasteiger partial charge in [-0.1, -0.05) is 36.7 Å². The Labute approximate surface area is 298 Å². The van der Waals surface area contributed by atoms with Crippen LogP contribution in [0.5, 0.6) is 0 Å². The molecule has 0 bridgehead atoms. The van der Waals surface area contributed by atoms with Gasteiger partial charge in [-0.05, 0) is 104 Å². The average molecular weight is 704 g/mol. The number of nitrogens with zero attached hydrogens (tertiary/aromatic N) is 5. The topological polar surface area (TPSA) is 130 Å². The van der Waals surface area contributed by atoms with Gasteiger partial charge < -0.3 is 15.5 Å². The first-order valence-electron chi connectivity index (χ1n) is 17.2. The first-order valence-corrected chi connectivity index (χ1v) is 18.4. The number of aromatic nitrogens is 2. The van der Waals surface area contributed by atoms with Crippen molar-refractivity contribution in [2.24, 2.45) is 5.92 Å². The number of likely N-dealkylation sites (tertiary alicyclic amines) is 1. The van der Waals surface area contributed by atoms with E-state index in [9.17, 15) is 9.59 Å². The summed E-state index contributed by atoms with van der Waals surface area (Å²) in [5.74, 6) is 1.47. The highest BCUT2D eigenvalue weighted by atomic mass is 35.5. The highest BCUT2D eigenvalue weighted by molar-refractivity contribution is 7.97. The van der Waals surface area contributed by atoms with Crippen LogP contribution in [0.3, 0.4) is 0 Å². The Balaban J connectivity index is 0.921. The Kier molecular flexibility index (Phi) is 11.7. The van der Waals surface area contributed by atoms with Crippen LogP contribution in [0.15, 0.2) is 59.8 Å². The molecule has 0 radical (unpaired) electrons. The van der Waals surface area contributed by atoms with E-state index in [1.54, 1.807) is 12.4 Å². The molecule has 1 atom stereocenters. The molecule has 6 rings (SSSR count). The van der Waals surface area contributed by atoms with Gasteiger partial charge in [0.25, 0.3) is 0 Å². The third-order valence-electron chi connectivity index (χ3n) is 9.67. The fraction of sp³-hybridized carbons (Fsp3) is 0.472. The van der Waals surface area contributed by atoms with Crippen molar-refractivity contribution < 1.29 is 9.59 Å². The molecule has 3 amide bonds.